The summed E-state index contributed by atoms with van der Waals surface area (Å²) in [6, 6.07) is 17.5. The van der Waals surface area contributed by atoms with Crippen molar-refractivity contribution in [2.75, 3.05) is 22.1 Å². The lowest BCUT2D eigenvalue weighted by molar-refractivity contribution is -0.120. The third kappa shape index (κ3) is 5.72. The number of benzene rings is 3. The van der Waals surface area contributed by atoms with E-state index in [-0.39, 0.29) is 34.5 Å². The average molecular weight is 552 g/mol. The molecule has 0 fully saturated rings. The number of rotatable bonds is 8. The largest absolute Gasteiger partial charge is 0.462 e. The second-order valence-electron chi connectivity index (χ2n) is 8.44. The minimum absolute atomic E-state index is 0.123. The van der Waals surface area contributed by atoms with E-state index in [1.807, 2.05) is 13.8 Å². The number of halogens is 2. The molecule has 3 amide bonds. The number of carbonyl (C=O) groups is 4. The average Bonchev–Trinajstić information content (AvgIpc) is 3.12. The van der Waals surface area contributed by atoms with Crippen LogP contribution in [0, 0.1) is 6.92 Å². The first-order chi connectivity index (χ1) is 18.2. The van der Waals surface area contributed by atoms with E-state index in [2.05, 4.69) is 10.6 Å². The molecule has 0 saturated heterocycles. The van der Waals surface area contributed by atoms with Gasteiger partial charge >= 0.3 is 5.97 Å². The fourth-order valence-electron chi connectivity index (χ4n) is 3.67. The summed E-state index contributed by atoms with van der Waals surface area (Å²) in [7, 11) is 0. The molecule has 0 radical (unpaired) electrons. The van der Waals surface area contributed by atoms with Crippen LogP contribution in [0.2, 0.25) is 5.02 Å². The lowest BCUT2D eigenvalue weighted by Gasteiger charge is -2.16. The Hall–Kier alpha value is -4.14. The summed E-state index contributed by atoms with van der Waals surface area (Å²) in [5, 5.41) is 5.88. The van der Waals surface area contributed by atoms with E-state index in [0.29, 0.717) is 28.4 Å². The van der Waals surface area contributed by atoms with Gasteiger partial charge in [0.15, 0.2) is 0 Å². The van der Waals surface area contributed by atoms with Crippen LogP contribution >= 0.6 is 23.2 Å². The van der Waals surface area contributed by atoms with Crippen LogP contribution in [-0.2, 0) is 14.3 Å². The number of anilines is 3. The van der Waals surface area contributed by atoms with Gasteiger partial charge in [-0.1, -0.05) is 42.3 Å². The molecule has 3 aromatic rings. The van der Waals surface area contributed by atoms with E-state index in [9.17, 15) is 19.2 Å². The maximum Gasteiger partial charge on any atom is 0.338 e. The van der Waals surface area contributed by atoms with Crippen LogP contribution < -0.4 is 15.5 Å². The van der Waals surface area contributed by atoms with Crippen molar-refractivity contribution < 1.29 is 23.9 Å². The van der Waals surface area contributed by atoms with Crippen molar-refractivity contribution in [2.24, 2.45) is 0 Å². The highest BCUT2D eigenvalue weighted by molar-refractivity contribution is 6.53. The topological polar surface area (TPSA) is 105 Å². The van der Waals surface area contributed by atoms with Crippen molar-refractivity contribution in [3.8, 4) is 0 Å². The Morgan fingerprint density at radius 1 is 0.921 bits per heavy atom. The van der Waals surface area contributed by atoms with Gasteiger partial charge in [0, 0.05) is 22.0 Å². The molecule has 1 aliphatic heterocycles. The second-order valence-corrected chi connectivity index (χ2v) is 9.25. The molecule has 1 heterocycles. The number of hydrogen-bond donors (Lipinski definition) is 2. The normalized spacial score (nSPS) is 13.1. The SMILES string of the molecule is CCCOC(=O)c1cccc(N2C(=O)C(Cl)=C(Nc3ccc(C(=O)Nc4cc(Cl)ccc4C)cc3)C2=O)c1. The van der Waals surface area contributed by atoms with Gasteiger partial charge in [0.2, 0.25) is 0 Å². The molecule has 2 N–H and O–H groups in total. The number of aryl methyl sites for hydroxylation is 1. The van der Waals surface area contributed by atoms with Gasteiger partial charge in [-0.05, 0) is 73.5 Å². The Labute approximate surface area is 229 Å². The van der Waals surface area contributed by atoms with Crippen LogP contribution in [0.4, 0.5) is 17.1 Å². The van der Waals surface area contributed by atoms with Gasteiger partial charge in [-0.3, -0.25) is 14.4 Å². The van der Waals surface area contributed by atoms with Gasteiger partial charge < -0.3 is 15.4 Å². The first-order valence-electron chi connectivity index (χ1n) is 11.7. The van der Waals surface area contributed by atoms with Gasteiger partial charge in [0.05, 0.1) is 17.9 Å². The van der Waals surface area contributed by atoms with E-state index in [4.69, 9.17) is 27.9 Å². The van der Waals surface area contributed by atoms with Gasteiger partial charge in [0.25, 0.3) is 17.7 Å². The Kier molecular flexibility index (Phi) is 8.14. The maximum absolute atomic E-state index is 13.1. The molecule has 0 aliphatic carbocycles. The van der Waals surface area contributed by atoms with Crippen molar-refractivity contribution in [3.63, 3.8) is 0 Å². The zero-order valence-electron chi connectivity index (χ0n) is 20.5. The summed E-state index contributed by atoms with van der Waals surface area (Å²) < 4.78 is 5.13. The molecule has 1 aliphatic rings. The molecule has 4 rings (SSSR count). The fourth-order valence-corrected chi connectivity index (χ4v) is 4.05. The highest BCUT2D eigenvalue weighted by Gasteiger charge is 2.39. The number of esters is 1. The molecule has 3 aromatic carbocycles. The molecule has 0 bridgehead atoms. The van der Waals surface area contributed by atoms with Gasteiger partial charge in [-0.2, -0.15) is 0 Å². The predicted octanol–water partition coefficient (Wildman–Crippen LogP) is 5.90. The molecule has 0 aromatic heterocycles. The van der Waals surface area contributed by atoms with Crippen LogP contribution in [0.1, 0.15) is 39.6 Å². The number of imide groups is 1. The first-order valence-corrected chi connectivity index (χ1v) is 12.5. The Balaban J connectivity index is 1.48. The van der Waals surface area contributed by atoms with Crippen molar-refractivity contribution in [2.45, 2.75) is 20.3 Å². The van der Waals surface area contributed by atoms with Gasteiger partial charge in [-0.25, -0.2) is 9.69 Å². The summed E-state index contributed by atoms with van der Waals surface area (Å²) in [5.74, 6) is -2.31. The lowest BCUT2D eigenvalue weighted by atomic mass is 10.1. The summed E-state index contributed by atoms with van der Waals surface area (Å²) in [6.07, 6.45) is 0.663. The monoisotopic (exact) mass is 551 g/mol. The molecule has 38 heavy (non-hydrogen) atoms. The molecule has 0 atom stereocenters. The Bertz CT molecular complexity index is 1470. The molecule has 194 valence electrons. The predicted molar refractivity (Wildman–Crippen MR) is 147 cm³/mol. The number of hydrogen-bond acceptors (Lipinski definition) is 6. The van der Waals surface area contributed by atoms with Crippen LogP contribution in [0.5, 0.6) is 0 Å². The van der Waals surface area contributed by atoms with Crippen molar-refractivity contribution >= 4 is 64.0 Å². The number of amides is 3. The highest BCUT2D eigenvalue weighted by atomic mass is 35.5. The summed E-state index contributed by atoms with van der Waals surface area (Å²) in [6.45, 7) is 3.98. The van der Waals surface area contributed by atoms with Crippen molar-refractivity contribution in [1.29, 1.82) is 0 Å². The quantitative estimate of drug-likeness (QED) is 0.266. The van der Waals surface area contributed by atoms with Crippen molar-refractivity contribution in [3.05, 3.63) is 99.2 Å². The van der Waals surface area contributed by atoms with E-state index >= 15 is 0 Å². The third-order valence-electron chi connectivity index (χ3n) is 5.67. The van der Waals surface area contributed by atoms with Crippen molar-refractivity contribution in [1.82, 2.24) is 0 Å². The van der Waals surface area contributed by atoms with Gasteiger partial charge in [-0.15, -0.1) is 0 Å². The number of ether oxygens (including phenoxy) is 1. The summed E-state index contributed by atoms with van der Waals surface area (Å²) in [5.41, 5.74) is 2.53. The smallest absolute Gasteiger partial charge is 0.338 e. The van der Waals surface area contributed by atoms with Gasteiger partial charge in [0.1, 0.15) is 10.7 Å². The summed E-state index contributed by atoms with van der Waals surface area (Å²) in [4.78, 5) is 51.7. The van der Waals surface area contributed by atoms with Crippen LogP contribution in [0.15, 0.2) is 77.5 Å². The molecular formula is C28H23Cl2N3O5. The molecule has 0 spiro atoms. The zero-order valence-corrected chi connectivity index (χ0v) is 22.0. The molecule has 0 saturated carbocycles. The number of nitrogens with one attached hydrogen (secondary N) is 2. The van der Waals surface area contributed by atoms with Crippen LogP contribution in [0.3, 0.4) is 0 Å². The minimum Gasteiger partial charge on any atom is -0.462 e. The maximum atomic E-state index is 13.1. The molecule has 8 nitrogen and oxygen atoms in total. The van der Waals surface area contributed by atoms with E-state index in [1.165, 1.54) is 18.2 Å². The lowest BCUT2D eigenvalue weighted by Crippen LogP contribution is -2.32. The zero-order chi connectivity index (χ0) is 27.4. The highest BCUT2D eigenvalue weighted by Crippen LogP contribution is 2.31. The molecular weight excluding hydrogens is 529 g/mol. The second kappa shape index (κ2) is 11.5. The minimum atomic E-state index is -0.730. The number of carbonyl (C=O) groups excluding carboxylic acids is 4. The first kappa shape index (κ1) is 26.9. The standard InChI is InChI=1S/C28H23Cl2N3O5/c1-3-13-38-28(37)18-5-4-6-21(14-18)33-26(35)23(30)24(27(33)36)31-20-11-8-17(9-12-20)25(34)32-22-15-19(29)10-7-16(22)2/h4-12,14-15,31H,3,13H2,1-2H3,(H,32,34). The van der Waals surface area contributed by atoms with E-state index in [0.717, 1.165) is 10.5 Å². The Morgan fingerprint density at radius 2 is 1.66 bits per heavy atom. The summed E-state index contributed by atoms with van der Waals surface area (Å²) >= 11 is 12.2. The fraction of sp³-hybridized carbons (Fsp3) is 0.143. The van der Waals surface area contributed by atoms with E-state index < -0.39 is 17.8 Å². The Morgan fingerprint density at radius 3 is 2.37 bits per heavy atom. The molecule has 10 heteroatoms. The number of nitrogens with zero attached hydrogens (tertiary/aromatic N) is 1. The van der Waals surface area contributed by atoms with Crippen LogP contribution in [0.25, 0.3) is 0 Å². The third-order valence-corrected chi connectivity index (χ3v) is 6.25. The molecule has 0 unspecified atom stereocenters. The van der Waals surface area contributed by atoms with Crippen LogP contribution in [-0.4, -0.2) is 30.3 Å². The van der Waals surface area contributed by atoms with E-state index in [1.54, 1.807) is 48.5 Å².